The van der Waals surface area contributed by atoms with Gasteiger partial charge in [0.1, 0.15) is 0 Å². The highest BCUT2D eigenvalue weighted by Crippen LogP contribution is 2.27. The maximum atomic E-state index is 11.6. The maximum absolute atomic E-state index is 11.6. The van der Waals surface area contributed by atoms with Crippen LogP contribution in [-0.2, 0) is 10.0 Å². The van der Waals surface area contributed by atoms with Crippen LogP contribution in [0.25, 0.3) is 0 Å². The van der Waals surface area contributed by atoms with Crippen molar-refractivity contribution in [3.8, 4) is 0 Å². The van der Waals surface area contributed by atoms with Gasteiger partial charge in [0.25, 0.3) is 0 Å². The van der Waals surface area contributed by atoms with Gasteiger partial charge in [-0.05, 0) is 31.7 Å². The minimum absolute atomic E-state index is 0.172. The highest BCUT2D eigenvalue weighted by molar-refractivity contribution is 7.89. The topological polar surface area (TPSA) is 58.2 Å². The van der Waals surface area contributed by atoms with Crippen LogP contribution in [0.2, 0.25) is 0 Å². The van der Waals surface area contributed by atoms with Crippen LogP contribution >= 0.6 is 0 Å². The predicted octanol–water partition coefficient (Wildman–Crippen LogP) is 0.951. The maximum Gasteiger partial charge on any atom is 0.212 e. The highest BCUT2D eigenvalue weighted by Gasteiger charge is 2.20. The molecular weight excluding hydrogens is 224 g/mol. The van der Waals surface area contributed by atoms with Gasteiger partial charge in [0.2, 0.25) is 10.0 Å². The molecule has 4 nitrogen and oxygen atoms in total. The van der Waals surface area contributed by atoms with Crippen molar-refractivity contribution in [2.24, 2.45) is 11.8 Å². The average molecular weight is 248 g/mol. The lowest BCUT2D eigenvalue weighted by Gasteiger charge is -2.26. The molecule has 1 aliphatic carbocycles. The molecule has 2 N–H and O–H groups in total. The van der Waals surface area contributed by atoms with E-state index in [-0.39, 0.29) is 5.75 Å². The van der Waals surface area contributed by atoms with Crippen molar-refractivity contribution in [2.75, 3.05) is 25.9 Å². The van der Waals surface area contributed by atoms with Crippen LogP contribution in [0.1, 0.15) is 32.6 Å². The first-order chi connectivity index (χ1) is 7.53. The Kier molecular flexibility index (Phi) is 5.72. The molecule has 0 bridgehead atoms. The summed E-state index contributed by atoms with van der Waals surface area (Å²) in [6, 6.07) is 0. The van der Waals surface area contributed by atoms with E-state index in [0.29, 0.717) is 19.0 Å². The van der Waals surface area contributed by atoms with Crippen LogP contribution < -0.4 is 10.0 Å². The monoisotopic (exact) mass is 248 g/mol. The zero-order chi connectivity index (χ0) is 12.0. The number of nitrogens with one attached hydrogen (secondary N) is 2. The molecule has 1 fully saturated rings. The van der Waals surface area contributed by atoms with Gasteiger partial charge in [-0.2, -0.15) is 0 Å². The van der Waals surface area contributed by atoms with Gasteiger partial charge >= 0.3 is 0 Å². The largest absolute Gasteiger partial charge is 0.319 e. The van der Waals surface area contributed by atoms with E-state index in [9.17, 15) is 8.42 Å². The van der Waals surface area contributed by atoms with Crippen molar-refractivity contribution in [3.05, 3.63) is 0 Å². The van der Waals surface area contributed by atoms with E-state index in [4.69, 9.17) is 0 Å². The van der Waals surface area contributed by atoms with E-state index in [0.717, 1.165) is 12.3 Å². The molecule has 16 heavy (non-hydrogen) atoms. The molecule has 0 heterocycles. The van der Waals surface area contributed by atoms with E-state index in [2.05, 4.69) is 17.0 Å². The van der Waals surface area contributed by atoms with Gasteiger partial charge in [0.15, 0.2) is 0 Å². The van der Waals surface area contributed by atoms with Crippen molar-refractivity contribution >= 4 is 10.0 Å². The van der Waals surface area contributed by atoms with Gasteiger partial charge in [0.05, 0.1) is 5.75 Å². The second-order valence-electron chi connectivity index (χ2n) is 4.91. The van der Waals surface area contributed by atoms with Gasteiger partial charge in [-0.1, -0.05) is 19.8 Å². The van der Waals surface area contributed by atoms with Crippen molar-refractivity contribution in [3.63, 3.8) is 0 Å². The number of hydrogen-bond acceptors (Lipinski definition) is 3. The molecule has 1 saturated carbocycles. The van der Waals surface area contributed by atoms with Crippen LogP contribution in [0, 0.1) is 11.8 Å². The Balaban J connectivity index is 2.27. The van der Waals surface area contributed by atoms with E-state index < -0.39 is 10.0 Å². The Morgan fingerprint density at radius 1 is 1.31 bits per heavy atom. The second-order valence-corrected chi connectivity index (χ2v) is 6.84. The Hall–Kier alpha value is -0.130. The third kappa shape index (κ3) is 5.27. The van der Waals surface area contributed by atoms with E-state index in [1.165, 1.54) is 19.3 Å². The summed E-state index contributed by atoms with van der Waals surface area (Å²) in [6.07, 6.45) is 4.86. The van der Waals surface area contributed by atoms with Crippen molar-refractivity contribution in [2.45, 2.75) is 32.6 Å². The third-order valence-electron chi connectivity index (χ3n) is 3.26. The minimum Gasteiger partial charge on any atom is -0.319 e. The smallest absolute Gasteiger partial charge is 0.212 e. The Morgan fingerprint density at radius 3 is 2.69 bits per heavy atom. The second kappa shape index (κ2) is 6.57. The first-order valence-corrected chi connectivity index (χ1v) is 7.80. The van der Waals surface area contributed by atoms with E-state index in [1.807, 2.05) is 0 Å². The lowest BCUT2D eigenvalue weighted by molar-refractivity contribution is 0.283. The molecule has 0 aromatic heterocycles. The normalized spacial score (nSPS) is 26.9. The van der Waals surface area contributed by atoms with E-state index >= 15 is 0 Å². The Labute approximate surface area is 99.2 Å². The summed E-state index contributed by atoms with van der Waals surface area (Å²) in [5.41, 5.74) is 0. The summed E-state index contributed by atoms with van der Waals surface area (Å²) in [5, 5.41) is 2.85. The zero-order valence-electron chi connectivity index (χ0n) is 10.3. The predicted molar refractivity (Wildman–Crippen MR) is 66.8 cm³/mol. The van der Waals surface area contributed by atoms with Crippen molar-refractivity contribution < 1.29 is 8.42 Å². The summed E-state index contributed by atoms with van der Waals surface area (Å²) in [4.78, 5) is 0. The molecule has 0 aliphatic heterocycles. The van der Waals surface area contributed by atoms with Gasteiger partial charge in [0, 0.05) is 13.1 Å². The summed E-state index contributed by atoms with van der Waals surface area (Å²) >= 11 is 0. The van der Waals surface area contributed by atoms with Crippen LogP contribution in [0.5, 0.6) is 0 Å². The van der Waals surface area contributed by atoms with Crippen LogP contribution in [-0.4, -0.2) is 34.3 Å². The van der Waals surface area contributed by atoms with Gasteiger partial charge < -0.3 is 5.32 Å². The Bertz CT molecular complexity index is 290. The SMILES string of the molecule is CNCCS(=O)(=O)NCC1CCCC(C)C1. The van der Waals surface area contributed by atoms with Crippen LogP contribution in [0.3, 0.4) is 0 Å². The number of rotatable bonds is 6. The van der Waals surface area contributed by atoms with Gasteiger partial charge in [-0.25, -0.2) is 13.1 Å². The molecule has 0 aromatic carbocycles. The summed E-state index contributed by atoms with van der Waals surface area (Å²) in [6.45, 7) is 3.38. The number of hydrogen-bond donors (Lipinski definition) is 2. The summed E-state index contributed by atoms with van der Waals surface area (Å²) in [5.74, 6) is 1.46. The lowest BCUT2D eigenvalue weighted by Crippen LogP contribution is -2.35. The molecule has 0 spiro atoms. The van der Waals surface area contributed by atoms with Gasteiger partial charge in [-0.15, -0.1) is 0 Å². The van der Waals surface area contributed by atoms with Crippen molar-refractivity contribution in [1.29, 1.82) is 0 Å². The molecular formula is C11H24N2O2S. The molecule has 0 radical (unpaired) electrons. The molecule has 96 valence electrons. The van der Waals surface area contributed by atoms with E-state index in [1.54, 1.807) is 7.05 Å². The zero-order valence-corrected chi connectivity index (χ0v) is 11.1. The fourth-order valence-electron chi connectivity index (χ4n) is 2.30. The molecule has 5 heteroatoms. The van der Waals surface area contributed by atoms with Crippen LogP contribution in [0.4, 0.5) is 0 Å². The Morgan fingerprint density at radius 2 is 2.06 bits per heavy atom. The first-order valence-electron chi connectivity index (χ1n) is 6.15. The molecule has 0 amide bonds. The molecule has 0 saturated heterocycles. The third-order valence-corrected chi connectivity index (χ3v) is 4.61. The van der Waals surface area contributed by atoms with Crippen molar-refractivity contribution in [1.82, 2.24) is 10.0 Å². The fraction of sp³-hybridized carbons (Fsp3) is 1.00. The highest BCUT2D eigenvalue weighted by atomic mass is 32.2. The minimum atomic E-state index is -3.07. The molecule has 2 unspecified atom stereocenters. The average Bonchev–Trinajstić information content (AvgIpc) is 2.24. The first kappa shape index (κ1) is 13.9. The fourth-order valence-corrected chi connectivity index (χ4v) is 3.41. The standard InChI is InChI=1S/C11H24N2O2S/c1-10-4-3-5-11(8-10)9-13-16(14,15)7-6-12-2/h10-13H,3-9H2,1-2H3. The van der Waals surface area contributed by atoms with Gasteiger partial charge in [-0.3, -0.25) is 0 Å². The van der Waals surface area contributed by atoms with Crippen LogP contribution in [0.15, 0.2) is 0 Å². The molecule has 1 rings (SSSR count). The number of sulfonamides is 1. The quantitative estimate of drug-likeness (QED) is 0.736. The molecule has 1 aliphatic rings. The molecule has 2 atom stereocenters. The molecule has 0 aromatic rings. The summed E-state index contributed by atoms with van der Waals surface area (Å²) in [7, 11) is -1.31. The summed E-state index contributed by atoms with van der Waals surface area (Å²) < 4.78 is 25.8. The lowest BCUT2D eigenvalue weighted by atomic mass is 9.83.